The SMILES string of the molecule is CN=C(NCCCNC(=O)OC(C)(C)C)NC1CC2CCC1O2.I. The van der Waals surface area contributed by atoms with Crippen molar-refractivity contribution in [3.8, 4) is 0 Å². The van der Waals surface area contributed by atoms with Gasteiger partial charge in [0.25, 0.3) is 0 Å². The quantitative estimate of drug-likeness (QED) is 0.256. The minimum absolute atomic E-state index is 0. The number of fused-ring (bicyclic) bond motifs is 2. The number of rotatable bonds is 5. The van der Waals surface area contributed by atoms with Crippen LogP contribution in [0, 0.1) is 0 Å². The second-order valence-electron chi connectivity index (χ2n) is 7.14. The third-order valence-corrected chi connectivity index (χ3v) is 3.97. The van der Waals surface area contributed by atoms with Gasteiger partial charge in [0.2, 0.25) is 0 Å². The van der Waals surface area contributed by atoms with E-state index in [1.807, 2.05) is 20.8 Å². The first-order valence-corrected chi connectivity index (χ1v) is 8.47. The smallest absolute Gasteiger partial charge is 0.407 e. The van der Waals surface area contributed by atoms with Crippen molar-refractivity contribution in [2.75, 3.05) is 20.1 Å². The Hall–Kier alpha value is -0.770. The molecule has 3 atom stereocenters. The largest absolute Gasteiger partial charge is 0.444 e. The number of guanidine groups is 1. The van der Waals surface area contributed by atoms with Crippen LogP contribution in [0.2, 0.25) is 0 Å². The van der Waals surface area contributed by atoms with Crippen LogP contribution in [0.1, 0.15) is 46.5 Å². The van der Waals surface area contributed by atoms with Crippen LogP contribution in [0.5, 0.6) is 0 Å². The molecule has 2 aliphatic heterocycles. The number of amides is 1. The Labute approximate surface area is 161 Å². The summed E-state index contributed by atoms with van der Waals surface area (Å²) < 4.78 is 11.0. The second kappa shape index (κ2) is 9.65. The molecule has 3 unspecified atom stereocenters. The van der Waals surface area contributed by atoms with Crippen LogP contribution in [0.25, 0.3) is 0 Å². The number of ether oxygens (including phenoxy) is 2. The van der Waals surface area contributed by atoms with Gasteiger partial charge in [-0.3, -0.25) is 4.99 Å². The Bertz CT molecular complexity index is 440. The average molecular weight is 454 g/mol. The molecule has 0 aromatic rings. The first-order valence-electron chi connectivity index (χ1n) is 8.47. The summed E-state index contributed by atoms with van der Waals surface area (Å²) in [4.78, 5) is 15.8. The fraction of sp³-hybridized carbons (Fsp3) is 0.875. The van der Waals surface area contributed by atoms with Crippen LogP contribution in [-0.2, 0) is 9.47 Å². The van der Waals surface area contributed by atoms with Gasteiger partial charge in [-0.2, -0.15) is 0 Å². The summed E-state index contributed by atoms with van der Waals surface area (Å²) >= 11 is 0. The van der Waals surface area contributed by atoms with Crippen molar-refractivity contribution >= 4 is 36.0 Å². The lowest BCUT2D eigenvalue weighted by Gasteiger charge is -2.22. The average Bonchev–Trinajstić information content (AvgIpc) is 3.06. The molecule has 0 aromatic carbocycles. The fourth-order valence-corrected chi connectivity index (χ4v) is 2.96. The molecular formula is C16H31IN4O3. The minimum atomic E-state index is -0.461. The van der Waals surface area contributed by atoms with E-state index in [-0.39, 0.29) is 30.1 Å². The highest BCUT2D eigenvalue weighted by Gasteiger charge is 2.41. The van der Waals surface area contributed by atoms with Crippen molar-refractivity contribution in [3.05, 3.63) is 0 Å². The zero-order valence-electron chi connectivity index (χ0n) is 15.1. The first kappa shape index (κ1) is 21.3. The van der Waals surface area contributed by atoms with Gasteiger partial charge in [-0.05, 0) is 46.5 Å². The molecule has 0 spiro atoms. The van der Waals surface area contributed by atoms with Gasteiger partial charge in [0, 0.05) is 20.1 Å². The molecule has 2 rings (SSSR count). The summed E-state index contributed by atoms with van der Waals surface area (Å²) in [6.07, 6.45) is 4.56. The van der Waals surface area contributed by atoms with Gasteiger partial charge in [0.05, 0.1) is 18.2 Å². The first-order chi connectivity index (χ1) is 10.9. The minimum Gasteiger partial charge on any atom is -0.444 e. The van der Waals surface area contributed by atoms with Crippen molar-refractivity contribution in [3.63, 3.8) is 0 Å². The van der Waals surface area contributed by atoms with Crippen molar-refractivity contribution in [1.82, 2.24) is 16.0 Å². The number of halogens is 1. The van der Waals surface area contributed by atoms with Gasteiger partial charge in [-0.1, -0.05) is 0 Å². The Morgan fingerprint density at radius 3 is 2.50 bits per heavy atom. The molecule has 0 aliphatic carbocycles. The van der Waals surface area contributed by atoms with Crippen molar-refractivity contribution in [2.45, 2.75) is 70.3 Å². The maximum atomic E-state index is 11.5. The fourth-order valence-electron chi connectivity index (χ4n) is 2.96. The molecule has 0 radical (unpaired) electrons. The number of aliphatic imine (C=N–C) groups is 1. The predicted octanol–water partition coefficient (Wildman–Crippen LogP) is 2.00. The van der Waals surface area contributed by atoms with Gasteiger partial charge in [-0.15, -0.1) is 24.0 Å². The van der Waals surface area contributed by atoms with E-state index >= 15 is 0 Å². The van der Waals surface area contributed by atoms with Crippen LogP contribution >= 0.6 is 24.0 Å². The standard InChI is InChI=1S/C16H30N4O3.HI/c1-16(2,3)23-15(21)19-9-5-8-18-14(17-4)20-12-10-11-6-7-13(12)22-11;/h11-13H,5-10H2,1-4H3,(H,19,21)(H2,17,18,20);1H. The van der Waals surface area contributed by atoms with Gasteiger partial charge in [0.1, 0.15) is 5.60 Å². The lowest BCUT2D eigenvalue weighted by molar-refractivity contribution is 0.0527. The molecule has 7 nitrogen and oxygen atoms in total. The summed E-state index contributed by atoms with van der Waals surface area (Å²) in [6.45, 7) is 6.85. The summed E-state index contributed by atoms with van der Waals surface area (Å²) in [7, 11) is 1.77. The van der Waals surface area contributed by atoms with Gasteiger partial charge >= 0.3 is 6.09 Å². The zero-order chi connectivity index (χ0) is 16.9. The molecule has 0 aromatic heterocycles. The normalized spacial score (nSPS) is 25.8. The molecular weight excluding hydrogens is 423 g/mol. The van der Waals surface area contributed by atoms with Crippen molar-refractivity contribution in [1.29, 1.82) is 0 Å². The van der Waals surface area contributed by atoms with E-state index in [1.165, 1.54) is 6.42 Å². The summed E-state index contributed by atoms with van der Waals surface area (Å²) in [5.74, 6) is 0.795. The third-order valence-electron chi connectivity index (χ3n) is 3.97. The summed E-state index contributed by atoms with van der Waals surface area (Å²) in [6, 6.07) is 0.361. The van der Waals surface area contributed by atoms with Crippen LogP contribution in [0.4, 0.5) is 4.79 Å². The van der Waals surface area contributed by atoms with E-state index in [2.05, 4.69) is 20.9 Å². The number of alkyl carbamates (subject to hydrolysis) is 1. The molecule has 2 bridgehead atoms. The Balaban J connectivity index is 0.00000288. The number of nitrogens with one attached hydrogen (secondary N) is 3. The Kier molecular flexibility index (Phi) is 8.55. The number of nitrogens with zero attached hydrogens (tertiary/aromatic N) is 1. The van der Waals surface area contributed by atoms with E-state index < -0.39 is 5.60 Å². The van der Waals surface area contributed by atoms with Crippen molar-refractivity contribution < 1.29 is 14.3 Å². The molecule has 2 aliphatic rings. The Morgan fingerprint density at radius 2 is 1.96 bits per heavy atom. The molecule has 24 heavy (non-hydrogen) atoms. The van der Waals surface area contributed by atoms with Crippen LogP contribution in [0.3, 0.4) is 0 Å². The molecule has 2 heterocycles. The molecule has 8 heteroatoms. The lowest BCUT2D eigenvalue weighted by atomic mass is 9.96. The predicted molar refractivity (Wildman–Crippen MR) is 105 cm³/mol. The molecule has 2 saturated heterocycles. The molecule has 3 N–H and O–H groups in total. The topological polar surface area (TPSA) is 84.0 Å². The third kappa shape index (κ3) is 7.00. The number of hydrogen-bond donors (Lipinski definition) is 3. The van der Waals surface area contributed by atoms with Gasteiger partial charge in [-0.25, -0.2) is 4.79 Å². The second-order valence-corrected chi connectivity index (χ2v) is 7.14. The lowest BCUT2D eigenvalue weighted by Crippen LogP contribution is -2.47. The van der Waals surface area contributed by atoms with Crippen LogP contribution < -0.4 is 16.0 Å². The van der Waals surface area contributed by atoms with Crippen molar-refractivity contribution in [2.24, 2.45) is 4.99 Å². The number of carbonyl (C=O) groups excluding carboxylic acids is 1. The van der Waals surface area contributed by atoms with E-state index in [1.54, 1.807) is 7.05 Å². The molecule has 2 fully saturated rings. The van der Waals surface area contributed by atoms with Crippen LogP contribution in [0.15, 0.2) is 4.99 Å². The monoisotopic (exact) mass is 454 g/mol. The maximum absolute atomic E-state index is 11.5. The summed E-state index contributed by atoms with van der Waals surface area (Å²) in [5.41, 5.74) is -0.461. The number of carbonyl (C=O) groups is 1. The number of hydrogen-bond acceptors (Lipinski definition) is 4. The van der Waals surface area contributed by atoms with E-state index in [0.717, 1.165) is 31.8 Å². The van der Waals surface area contributed by atoms with E-state index in [9.17, 15) is 4.79 Å². The highest BCUT2D eigenvalue weighted by molar-refractivity contribution is 14.0. The highest BCUT2D eigenvalue weighted by atomic mass is 127. The zero-order valence-corrected chi connectivity index (χ0v) is 17.4. The molecule has 1 amide bonds. The van der Waals surface area contributed by atoms with Crippen LogP contribution in [-0.4, -0.2) is 56.0 Å². The highest BCUT2D eigenvalue weighted by Crippen LogP contribution is 2.34. The summed E-state index contributed by atoms with van der Waals surface area (Å²) in [5, 5.41) is 9.44. The van der Waals surface area contributed by atoms with E-state index in [0.29, 0.717) is 24.8 Å². The van der Waals surface area contributed by atoms with E-state index in [4.69, 9.17) is 9.47 Å². The maximum Gasteiger partial charge on any atom is 0.407 e. The molecule has 0 saturated carbocycles. The van der Waals surface area contributed by atoms with Gasteiger partial charge < -0.3 is 25.4 Å². The van der Waals surface area contributed by atoms with Gasteiger partial charge in [0.15, 0.2) is 5.96 Å². The Morgan fingerprint density at radius 1 is 1.25 bits per heavy atom. The molecule has 140 valence electrons.